The fourth-order valence-corrected chi connectivity index (χ4v) is 2.18. The molecule has 2 N–H and O–H groups in total. The van der Waals surface area contributed by atoms with E-state index in [0.717, 1.165) is 24.5 Å². The number of aryl methyl sites for hydroxylation is 1. The second-order valence-electron chi connectivity index (χ2n) is 4.34. The summed E-state index contributed by atoms with van der Waals surface area (Å²) in [5, 5.41) is 7.90. The lowest BCUT2D eigenvalue weighted by molar-refractivity contribution is 1.08. The van der Waals surface area contributed by atoms with Crippen molar-refractivity contribution < 1.29 is 0 Å². The number of rotatable bonds is 5. The molecule has 0 saturated heterocycles. The summed E-state index contributed by atoms with van der Waals surface area (Å²) in [5.74, 6) is 0. The summed E-state index contributed by atoms with van der Waals surface area (Å²) >= 11 is 11.9. The summed E-state index contributed by atoms with van der Waals surface area (Å²) in [5.41, 5.74) is 3.28. The highest BCUT2D eigenvalue weighted by molar-refractivity contribution is 6.36. The fraction of sp³-hybridized carbons (Fsp3) is 0.200. The molecule has 100 valence electrons. The van der Waals surface area contributed by atoms with E-state index in [0.29, 0.717) is 10.0 Å². The molecular weight excluding hydrogens is 279 g/mol. The van der Waals surface area contributed by atoms with Crippen LogP contribution in [0.4, 0.5) is 11.4 Å². The van der Waals surface area contributed by atoms with Gasteiger partial charge in [-0.25, -0.2) is 0 Å². The van der Waals surface area contributed by atoms with Gasteiger partial charge in [-0.1, -0.05) is 40.9 Å². The van der Waals surface area contributed by atoms with Gasteiger partial charge in [-0.2, -0.15) is 0 Å². The van der Waals surface area contributed by atoms with Crippen molar-refractivity contribution in [2.75, 3.05) is 23.7 Å². The van der Waals surface area contributed by atoms with Gasteiger partial charge >= 0.3 is 0 Å². The van der Waals surface area contributed by atoms with Crippen molar-refractivity contribution in [3.05, 3.63) is 58.1 Å². The lowest BCUT2D eigenvalue weighted by Gasteiger charge is -2.10. The molecule has 2 aromatic carbocycles. The molecule has 0 aliphatic carbocycles. The minimum absolute atomic E-state index is 0.642. The average molecular weight is 295 g/mol. The second kappa shape index (κ2) is 6.69. The van der Waals surface area contributed by atoms with Crippen LogP contribution in [0.1, 0.15) is 5.56 Å². The first-order chi connectivity index (χ1) is 9.15. The van der Waals surface area contributed by atoms with Crippen molar-refractivity contribution in [1.29, 1.82) is 0 Å². The Morgan fingerprint density at radius 1 is 0.895 bits per heavy atom. The smallest absolute Gasteiger partial charge is 0.0652 e. The topological polar surface area (TPSA) is 24.1 Å². The SMILES string of the molecule is Cc1ccc(NCCNc2ccc(Cl)cc2Cl)cc1. The van der Waals surface area contributed by atoms with E-state index in [4.69, 9.17) is 23.2 Å². The summed E-state index contributed by atoms with van der Waals surface area (Å²) in [4.78, 5) is 0. The zero-order valence-corrected chi connectivity index (χ0v) is 12.2. The van der Waals surface area contributed by atoms with Crippen molar-refractivity contribution in [2.45, 2.75) is 6.92 Å². The van der Waals surface area contributed by atoms with Crippen LogP contribution in [0.5, 0.6) is 0 Å². The molecule has 0 radical (unpaired) electrons. The highest BCUT2D eigenvalue weighted by atomic mass is 35.5. The lowest BCUT2D eigenvalue weighted by Crippen LogP contribution is -2.13. The van der Waals surface area contributed by atoms with Gasteiger partial charge in [0.1, 0.15) is 0 Å². The maximum atomic E-state index is 6.08. The van der Waals surface area contributed by atoms with Gasteiger partial charge in [0.2, 0.25) is 0 Å². The molecule has 0 amide bonds. The van der Waals surface area contributed by atoms with Crippen LogP contribution in [0.15, 0.2) is 42.5 Å². The van der Waals surface area contributed by atoms with Crippen LogP contribution >= 0.6 is 23.2 Å². The van der Waals surface area contributed by atoms with Crippen LogP contribution in [-0.2, 0) is 0 Å². The second-order valence-corrected chi connectivity index (χ2v) is 5.19. The predicted molar refractivity (Wildman–Crippen MR) is 84.6 cm³/mol. The number of halogens is 2. The Kier molecular flexibility index (Phi) is 4.94. The third-order valence-corrected chi connectivity index (χ3v) is 3.30. The largest absolute Gasteiger partial charge is 0.383 e. The molecule has 0 unspecified atom stereocenters. The quantitative estimate of drug-likeness (QED) is 0.772. The number of nitrogens with one attached hydrogen (secondary N) is 2. The zero-order valence-electron chi connectivity index (χ0n) is 10.7. The molecule has 2 aromatic rings. The molecule has 4 heteroatoms. The van der Waals surface area contributed by atoms with Crippen LogP contribution in [0.25, 0.3) is 0 Å². The Hall–Kier alpha value is -1.38. The van der Waals surface area contributed by atoms with Gasteiger partial charge in [-0.05, 0) is 37.3 Å². The monoisotopic (exact) mass is 294 g/mol. The standard InChI is InChI=1S/C15H16Cl2N2/c1-11-2-5-13(6-3-11)18-8-9-19-15-7-4-12(16)10-14(15)17/h2-7,10,18-19H,8-9H2,1H3. The van der Waals surface area contributed by atoms with Crippen molar-refractivity contribution in [3.63, 3.8) is 0 Å². The number of hydrogen-bond donors (Lipinski definition) is 2. The van der Waals surface area contributed by atoms with Gasteiger partial charge in [-0.3, -0.25) is 0 Å². The average Bonchev–Trinajstić information content (AvgIpc) is 2.39. The third-order valence-electron chi connectivity index (χ3n) is 2.75. The summed E-state index contributed by atoms with van der Waals surface area (Å²) in [6, 6.07) is 13.8. The summed E-state index contributed by atoms with van der Waals surface area (Å²) in [6.45, 7) is 3.69. The number of benzene rings is 2. The fourth-order valence-electron chi connectivity index (χ4n) is 1.71. The van der Waals surface area contributed by atoms with Gasteiger partial charge in [-0.15, -0.1) is 0 Å². The number of hydrogen-bond acceptors (Lipinski definition) is 2. The van der Waals surface area contributed by atoms with Crippen LogP contribution in [-0.4, -0.2) is 13.1 Å². The highest BCUT2D eigenvalue weighted by Gasteiger charge is 1.99. The van der Waals surface area contributed by atoms with Crippen molar-refractivity contribution in [2.24, 2.45) is 0 Å². The Labute approximate surface area is 123 Å². The van der Waals surface area contributed by atoms with Crippen molar-refractivity contribution >= 4 is 34.6 Å². The first-order valence-corrected chi connectivity index (χ1v) is 6.90. The van der Waals surface area contributed by atoms with Gasteiger partial charge < -0.3 is 10.6 Å². The van der Waals surface area contributed by atoms with E-state index in [9.17, 15) is 0 Å². The van der Waals surface area contributed by atoms with E-state index >= 15 is 0 Å². The molecule has 0 saturated carbocycles. The minimum Gasteiger partial charge on any atom is -0.383 e. The van der Waals surface area contributed by atoms with E-state index in [2.05, 4.69) is 41.8 Å². The molecule has 2 rings (SSSR count). The molecule has 0 aromatic heterocycles. The predicted octanol–water partition coefficient (Wildman–Crippen LogP) is 4.83. The maximum absolute atomic E-state index is 6.08. The first kappa shape index (κ1) is 14.0. The molecular formula is C15H16Cl2N2. The molecule has 19 heavy (non-hydrogen) atoms. The lowest BCUT2D eigenvalue weighted by atomic mass is 10.2. The molecule has 0 spiro atoms. The van der Waals surface area contributed by atoms with Crippen LogP contribution in [0.3, 0.4) is 0 Å². The van der Waals surface area contributed by atoms with Crippen molar-refractivity contribution in [1.82, 2.24) is 0 Å². The Bertz CT molecular complexity index is 538. The molecule has 0 heterocycles. The van der Waals surface area contributed by atoms with Gasteiger partial charge in [0.15, 0.2) is 0 Å². The minimum atomic E-state index is 0.642. The normalized spacial score (nSPS) is 10.3. The molecule has 0 aliphatic heterocycles. The van der Waals surface area contributed by atoms with Crippen LogP contribution in [0, 0.1) is 6.92 Å². The maximum Gasteiger partial charge on any atom is 0.0652 e. The molecule has 0 atom stereocenters. The summed E-state index contributed by atoms with van der Waals surface area (Å²) in [6.07, 6.45) is 0. The third kappa shape index (κ3) is 4.34. The van der Waals surface area contributed by atoms with Crippen LogP contribution < -0.4 is 10.6 Å². The van der Waals surface area contributed by atoms with E-state index in [1.165, 1.54) is 5.56 Å². The highest BCUT2D eigenvalue weighted by Crippen LogP contribution is 2.24. The van der Waals surface area contributed by atoms with Gasteiger partial charge in [0.25, 0.3) is 0 Å². The summed E-state index contributed by atoms with van der Waals surface area (Å²) in [7, 11) is 0. The molecule has 2 nitrogen and oxygen atoms in total. The molecule has 0 bridgehead atoms. The molecule has 0 fully saturated rings. The Balaban J connectivity index is 1.79. The van der Waals surface area contributed by atoms with Gasteiger partial charge in [0.05, 0.1) is 10.7 Å². The number of anilines is 2. The van der Waals surface area contributed by atoms with E-state index in [1.807, 2.05) is 12.1 Å². The Morgan fingerprint density at radius 2 is 1.58 bits per heavy atom. The first-order valence-electron chi connectivity index (χ1n) is 6.14. The van der Waals surface area contributed by atoms with Crippen molar-refractivity contribution in [3.8, 4) is 0 Å². The van der Waals surface area contributed by atoms with Gasteiger partial charge in [0, 0.05) is 23.8 Å². The zero-order chi connectivity index (χ0) is 13.7. The van der Waals surface area contributed by atoms with E-state index < -0.39 is 0 Å². The van der Waals surface area contributed by atoms with Crippen LogP contribution in [0.2, 0.25) is 10.0 Å². The summed E-state index contributed by atoms with van der Waals surface area (Å²) < 4.78 is 0. The van der Waals surface area contributed by atoms with E-state index in [-0.39, 0.29) is 0 Å². The Morgan fingerprint density at radius 3 is 2.26 bits per heavy atom. The van der Waals surface area contributed by atoms with E-state index in [1.54, 1.807) is 6.07 Å². The molecule has 0 aliphatic rings.